The summed E-state index contributed by atoms with van der Waals surface area (Å²) in [6, 6.07) is 0. The molecule has 0 spiro atoms. The van der Waals surface area contributed by atoms with Crippen LogP contribution in [0, 0.1) is 5.41 Å². The summed E-state index contributed by atoms with van der Waals surface area (Å²) in [5, 5.41) is 0.507. The first kappa shape index (κ1) is 9.22. The number of hydrogen-bond donors (Lipinski definition) is 0. The van der Waals surface area contributed by atoms with Gasteiger partial charge < -0.3 is 0 Å². The quantitative estimate of drug-likeness (QED) is 0.494. The SMILES string of the molecule is C[Si]C(C)(C)C(C)(C)C. The highest BCUT2D eigenvalue weighted by atomic mass is 28.2. The molecule has 0 rings (SSSR count). The normalized spacial score (nSPS) is 14.0. The highest BCUT2D eigenvalue weighted by Crippen LogP contribution is 2.43. The first-order chi connectivity index (χ1) is 3.81. The van der Waals surface area contributed by atoms with E-state index in [4.69, 9.17) is 0 Å². The Morgan fingerprint density at radius 3 is 1.22 bits per heavy atom. The van der Waals surface area contributed by atoms with Gasteiger partial charge in [-0.15, -0.1) is 0 Å². The largest absolute Gasteiger partial charge is 0.0728 e. The predicted molar refractivity (Wildman–Crippen MR) is 45.1 cm³/mol. The van der Waals surface area contributed by atoms with Crippen molar-refractivity contribution in [3.63, 3.8) is 0 Å². The van der Waals surface area contributed by atoms with Crippen molar-refractivity contribution in [3.8, 4) is 0 Å². The maximum Gasteiger partial charge on any atom is 0.0420 e. The third-order valence-corrected chi connectivity index (χ3v) is 4.50. The average Bonchev–Trinajstić information content (AvgIpc) is 1.64. The van der Waals surface area contributed by atoms with Crippen molar-refractivity contribution in [2.75, 3.05) is 0 Å². The first-order valence-corrected chi connectivity index (χ1v) is 5.00. The van der Waals surface area contributed by atoms with Crippen LogP contribution in [0.3, 0.4) is 0 Å². The fourth-order valence-electron chi connectivity index (χ4n) is 0.375. The lowest BCUT2D eigenvalue weighted by molar-refractivity contribution is 0.299. The van der Waals surface area contributed by atoms with E-state index in [-0.39, 0.29) is 0 Å². The van der Waals surface area contributed by atoms with Gasteiger partial charge in [0.05, 0.1) is 0 Å². The van der Waals surface area contributed by atoms with Gasteiger partial charge in [-0.2, -0.15) is 0 Å². The molecule has 2 radical (unpaired) electrons. The Morgan fingerprint density at radius 2 is 1.22 bits per heavy atom. The van der Waals surface area contributed by atoms with Gasteiger partial charge in [-0.1, -0.05) is 41.2 Å². The van der Waals surface area contributed by atoms with Crippen LogP contribution in [0.4, 0.5) is 0 Å². The molecule has 0 heterocycles. The molecule has 0 nitrogen and oxygen atoms in total. The molecule has 0 N–H and O–H groups in total. The lowest BCUT2D eigenvalue weighted by atomic mass is 9.82. The van der Waals surface area contributed by atoms with Gasteiger partial charge in [-0.05, 0) is 10.5 Å². The van der Waals surface area contributed by atoms with E-state index in [0.29, 0.717) is 10.5 Å². The third-order valence-electron chi connectivity index (χ3n) is 2.50. The van der Waals surface area contributed by atoms with Gasteiger partial charge in [0.25, 0.3) is 0 Å². The van der Waals surface area contributed by atoms with E-state index >= 15 is 0 Å². The van der Waals surface area contributed by atoms with Crippen LogP contribution in [0.2, 0.25) is 11.6 Å². The second-order valence-corrected chi connectivity index (χ2v) is 5.88. The lowest BCUT2D eigenvalue weighted by Crippen LogP contribution is -2.27. The van der Waals surface area contributed by atoms with Gasteiger partial charge >= 0.3 is 0 Å². The van der Waals surface area contributed by atoms with Crippen LogP contribution in [0.25, 0.3) is 0 Å². The van der Waals surface area contributed by atoms with Crippen LogP contribution < -0.4 is 0 Å². The maximum atomic E-state index is 2.34. The minimum atomic E-state index is 0.459. The zero-order valence-electron chi connectivity index (χ0n) is 7.50. The van der Waals surface area contributed by atoms with Crippen molar-refractivity contribution in [1.82, 2.24) is 0 Å². The molecule has 0 aliphatic rings. The molecule has 0 aromatic rings. The van der Waals surface area contributed by atoms with Crippen LogP contribution in [-0.4, -0.2) is 9.52 Å². The van der Waals surface area contributed by atoms with Gasteiger partial charge in [-0.25, -0.2) is 0 Å². The van der Waals surface area contributed by atoms with Crippen molar-refractivity contribution in [1.29, 1.82) is 0 Å². The predicted octanol–water partition coefficient (Wildman–Crippen LogP) is 2.98. The Morgan fingerprint density at radius 1 is 0.889 bits per heavy atom. The highest BCUT2D eigenvalue weighted by Gasteiger charge is 2.30. The van der Waals surface area contributed by atoms with E-state index in [0.717, 1.165) is 9.52 Å². The summed E-state index contributed by atoms with van der Waals surface area (Å²) in [4.78, 5) is 0. The van der Waals surface area contributed by atoms with Crippen molar-refractivity contribution >= 4 is 9.52 Å². The monoisotopic (exact) mass is 142 g/mol. The van der Waals surface area contributed by atoms with Gasteiger partial charge in [0.1, 0.15) is 0 Å². The molecule has 0 amide bonds. The minimum Gasteiger partial charge on any atom is -0.0728 e. The minimum absolute atomic E-state index is 0.459. The summed E-state index contributed by atoms with van der Waals surface area (Å²) >= 11 is 0. The number of hydrogen-bond acceptors (Lipinski definition) is 0. The summed E-state index contributed by atoms with van der Waals surface area (Å²) in [5.74, 6) is 0. The molecule has 0 aromatic carbocycles. The van der Waals surface area contributed by atoms with Crippen molar-refractivity contribution in [3.05, 3.63) is 0 Å². The van der Waals surface area contributed by atoms with E-state index < -0.39 is 0 Å². The molecular formula is C8H18Si. The first-order valence-electron chi connectivity index (χ1n) is 3.50. The Balaban J connectivity index is 4.14. The van der Waals surface area contributed by atoms with Crippen LogP contribution in [0.1, 0.15) is 34.6 Å². The Hall–Kier alpha value is 0.217. The van der Waals surface area contributed by atoms with Crippen LogP contribution in [-0.2, 0) is 0 Å². The van der Waals surface area contributed by atoms with E-state index in [9.17, 15) is 0 Å². The molecule has 0 bridgehead atoms. The highest BCUT2D eigenvalue weighted by molar-refractivity contribution is 6.38. The molecule has 0 saturated heterocycles. The zero-order valence-corrected chi connectivity index (χ0v) is 8.50. The smallest absolute Gasteiger partial charge is 0.0420 e. The Kier molecular flexibility index (Phi) is 2.51. The molecule has 0 saturated carbocycles. The van der Waals surface area contributed by atoms with E-state index in [1.807, 2.05) is 0 Å². The van der Waals surface area contributed by atoms with Crippen molar-refractivity contribution < 1.29 is 0 Å². The molecule has 0 atom stereocenters. The fourth-order valence-corrected chi connectivity index (χ4v) is 1.12. The molecule has 0 aromatic heterocycles. The summed E-state index contributed by atoms with van der Waals surface area (Å²) < 4.78 is 0. The molecule has 1 heteroatoms. The molecule has 0 fully saturated rings. The molecular weight excluding hydrogens is 124 g/mol. The number of rotatable bonds is 1. The van der Waals surface area contributed by atoms with Gasteiger partial charge in [0.2, 0.25) is 0 Å². The Labute approximate surface area is 61.9 Å². The van der Waals surface area contributed by atoms with Crippen LogP contribution in [0.15, 0.2) is 0 Å². The second-order valence-electron chi connectivity index (χ2n) is 4.12. The van der Waals surface area contributed by atoms with E-state index in [2.05, 4.69) is 41.2 Å². The van der Waals surface area contributed by atoms with Crippen molar-refractivity contribution in [2.24, 2.45) is 5.41 Å². The molecule has 9 heavy (non-hydrogen) atoms. The Bertz CT molecular complexity index is 87.2. The van der Waals surface area contributed by atoms with E-state index in [1.54, 1.807) is 0 Å². The summed E-state index contributed by atoms with van der Waals surface area (Å²) in [6.45, 7) is 13.9. The van der Waals surface area contributed by atoms with Gasteiger partial charge in [0, 0.05) is 9.52 Å². The molecule has 0 aliphatic carbocycles. The lowest BCUT2D eigenvalue weighted by Gasteiger charge is -2.37. The molecule has 0 unspecified atom stereocenters. The maximum absolute atomic E-state index is 2.34. The van der Waals surface area contributed by atoms with Crippen LogP contribution in [0.5, 0.6) is 0 Å². The van der Waals surface area contributed by atoms with Gasteiger partial charge in [0.15, 0.2) is 0 Å². The molecule has 0 aliphatic heterocycles. The summed E-state index contributed by atoms with van der Waals surface area (Å²) in [7, 11) is 1.04. The zero-order chi connectivity index (χ0) is 7.71. The van der Waals surface area contributed by atoms with Crippen molar-refractivity contribution in [2.45, 2.75) is 46.2 Å². The standard InChI is InChI=1S/C8H18Si/c1-7(2,3)8(4,5)9-6/h1-6H3. The second kappa shape index (κ2) is 2.45. The summed E-state index contributed by atoms with van der Waals surface area (Å²) in [6.07, 6.45) is 0. The van der Waals surface area contributed by atoms with Gasteiger partial charge in [-0.3, -0.25) is 0 Å². The summed E-state index contributed by atoms with van der Waals surface area (Å²) in [5.41, 5.74) is 0.459. The molecule has 54 valence electrons. The van der Waals surface area contributed by atoms with E-state index in [1.165, 1.54) is 0 Å². The van der Waals surface area contributed by atoms with Crippen LogP contribution >= 0.6 is 0 Å². The fraction of sp³-hybridized carbons (Fsp3) is 1.00. The average molecular weight is 142 g/mol. The third kappa shape index (κ3) is 2.13. The topological polar surface area (TPSA) is 0 Å².